The Balaban J connectivity index is 1.58. The zero-order chi connectivity index (χ0) is 22.7. The molecule has 0 saturated carbocycles. The first kappa shape index (κ1) is 22.0. The summed E-state index contributed by atoms with van der Waals surface area (Å²) >= 11 is 0. The molecule has 32 heavy (non-hydrogen) atoms. The van der Waals surface area contributed by atoms with E-state index in [1.165, 1.54) is 0 Å². The Bertz CT molecular complexity index is 1240. The van der Waals surface area contributed by atoms with Crippen molar-refractivity contribution >= 4 is 30.5 Å². The third-order valence-corrected chi connectivity index (χ3v) is 6.69. The molecule has 1 aromatic carbocycles. The van der Waals surface area contributed by atoms with E-state index < -0.39 is 19.7 Å². The van der Waals surface area contributed by atoms with Crippen LogP contribution in [0.2, 0.25) is 25.7 Å². The minimum atomic E-state index is -1.17. The summed E-state index contributed by atoms with van der Waals surface area (Å²) in [4.78, 5) is 8.58. The smallest absolute Gasteiger partial charge is 0.140 e. The number of nitrogens with one attached hydrogen (secondary N) is 1. The summed E-state index contributed by atoms with van der Waals surface area (Å²) in [6.07, 6.45) is 4.94. The van der Waals surface area contributed by atoms with E-state index in [0.29, 0.717) is 24.7 Å². The number of fused-ring (bicyclic) bond motifs is 1. The number of benzene rings is 1. The fourth-order valence-electron chi connectivity index (χ4n) is 3.25. The zero-order valence-corrected chi connectivity index (χ0v) is 19.3. The highest BCUT2D eigenvalue weighted by atomic mass is 28.3. The second kappa shape index (κ2) is 9.13. The SMILES string of the molecule is C[Si](C)(C)CCOCn1ncc2nccc(Nc3ccnc(-c4cc(F)ccc4F)c3)c21. The van der Waals surface area contributed by atoms with Gasteiger partial charge in [-0.2, -0.15) is 5.10 Å². The number of rotatable bonds is 8. The number of pyridine rings is 2. The van der Waals surface area contributed by atoms with Crippen LogP contribution in [-0.2, 0) is 11.5 Å². The van der Waals surface area contributed by atoms with Gasteiger partial charge in [0.05, 0.1) is 17.6 Å². The Kier molecular flexibility index (Phi) is 6.29. The molecule has 0 aliphatic carbocycles. The highest BCUT2D eigenvalue weighted by molar-refractivity contribution is 6.76. The van der Waals surface area contributed by atoms with Crippen LogP contribution in [0.3, 0.4) is 0 Å². The van der Waals surface area contributed by atoms with E-state index in [4.69, 9.17) is 4.74 Å². The normalized spacial score (nSPS) is 11.8. The van der Waals surface area contributed by atoms with Gasteiger partial charge in [-0.3, -0.25) is 9.97 Å². The van der Waals surface area contributed by atoms with Gasteiger partial charge in [0.2, 0.25) is 0 Å². The van der Waals surface area contributed by atoms with Crippen LogP contribution in [0.4, 0.5) is 20.2 Å². The molecule has 0 spiro atoms. The monoisotopic (exact) mass is 453 g/mol. The maximum absolute atomic E-state index is 14.2. The van der Waals surface area contributed by atoms with Gasteiger partial charge in [0.15, 0.2) is 0 Å². The lowest BCUT2D eigenvalue weighted by Gasteiger charge is -2.16. The highest BCUT2D eigenvalue weighted by Crippen LogP contribution is 2.28. The Morgan fingerprint density at radius 1 is 1.03 bits per heavy atom. The summed E-state index contributed by atoms with van der Waals surface area (Å²) < 4.78 is 35.4. The lowest BCUT2D eigenvalue weighted by Crippen LogP contribution is -2.22. The number of anilines is 2. The molecule has 166 valence electrons. The fourth-order valence-corrected chi connectivity index (χ4v) is 4.01. The molecule has 0 amide bonds. The molecule has 1 N–H and O–H groups in total. The lowest BCUT2D eigenvalue weighted by molar-refractivity contribution is 0.0817. The van der Waals surface area contributed by atoms with E-state index in [2.05, 4.69) is 40.0 Å². The Labute approximate surface area is 186 Å². The number of halogens is 2. The van der Waals surface area contributed by atoms with Crippen molar-refractivity contribution < 1.29 is 13.5 Å². The second-order valence-electron chi connectivity index (χ2n) is 8.76. The van der Waals surface area contributed by atoms with Gasteiger partial charge in [-0.25, -0.2) is 13.5 Å². The van der Waals surface area contributed by atoms with Crippen LogP contribution < -0.4 is 5.32 Å². The molecule has 6 nitrogen and oxygen atoms in total. The maximum atomic E-state index is 14.2. The number of nitrogens with zero attached hydrogens (tertiary/aromatic N) is 4. The first-order valence-corrected chi connectivity index (χ1v) is 14.1. The van der Waals surface area contributed by atoms with Crippen molar-refractivity contribution in [2.24, 2.45) is 0 Å². The van der Waals surface area contributed by atoms with Gasteiger partial charge in [0.1, 0.15) is 29.4 Å². The van der Waals surface area contributed by atoms with E-state index in [1.54, 1.807) is 35.4 Å². The fraction of sp³-hybridized carbons (Fsp3) is 0.261. The average molecular weight is 454 g/mol. The van der Waals surface area contributed by atoms with Crippen LogP contribution in [0.25, 0.3) is 22.3 Å². The van der Waals surface area contributed by atoms with Gasteiger partial charge in [0, 0.05) is 38.3 Å². The predicted molar refractivity (Wildman–Crippen MR) is 125 cm³/mol. The van der Waals surface area contributed by atoms with Crippen molar-refractivity contribution in [3.63, 3.8) is 0 Å². The van der Waals surface area contributed by atoms with E-state index >= 15 is 0 Å². The van der Waals surface area contributed by atoms with Crippen molar-refractivity contribution in [2.45, 2.75) is 32.4 Å². The maximum Gasteiger partial charge on any atom is 0.140 e. The summed E-state index contributed by atoms with van der Waals surface area (Å²) in [5.41, 5.74) is 3.43. The first-order chi connectivity index (χ1) is 15.3. The number of hydrogen-bond donors (Lipinski definition) is 1. The number of ether oxygens (including phenoxy) is 1. The summed E-state index contributed by atoms with van der Waals surface area (Å²) in [5, 5.41) is 7.74. The molecule has 0 aliphatic rings. The van der Waals surface area contributed by atoms with Gasteiger partial charge in [-0.05, 0) is 42.4 Å². The van der Waals surface area contributed by atoms with Gasteiger partial charge < -0.3 is 10.1 Å². The second-order valence-corrected chi connectivity index (χ2v) is 14.4. The topological polar surface area (TPSA) is 64.9 Å². The molecule has 0 fully saturated rings. The minimum absolute atomic E-state index is 0.106. The van der Waals surface area contributed by atoms with Crippen LogP contribution in [0, 0.1) is 11.6 Å². The van der Waals surface area contributed by atoms with E-state index in [-0.39, 0.29) is 5.56 Å². The van der Waals surface area contributed by atoms with Crippen molar-refractivity contribution in [2.75, 3.05) is 11.9 Å². The highest BCUT2D eigenvalue weighted by Gasteiger charge is 2.14. The van der Waals surface area contributed by atoms with Crippen LogP contribution in [0.1, 0.15) is 0 Å². The quantitative estimate of drug-likeness (QED) is 0.269. The average Bonchev–Trinajstić information content (AvgIpc) is 3.17. The molecule has 4 aromatic rings. The van der Waals surface area contributed by atoms with E-state index in [0.717, 1.165) is 41.0 Å². The molecule has 3 aromatic heterocycles. The van der Waals surface area contributed by atoms with Crippen LogP contribution in [0.15, 0.2) is 55.0 Å². The Morgan fingerprint density at radius 2 is 1.84 bits per heavy atom. The molecular weight excluding hydrogens is 428 g/mol. The van der Waals surface area contributed by atoms with Crippen LogP contribution in [-0.4, -0.2) is 34.4 Å². The third kappa shape index (κ3) is 5.17. The molecular formula is C23H25F2N5OSi. The summed E-state index contributed by atoms with van der Waals surface area (Å²) in [5.74, 6) is -1.05. The standard InChI is InChI=1S/C23H25F2N5OSi/c1-32(2,3)11-10-31-15-30-23-20(7-9-27-22(23)14-28-30)29-17-6-8-26-21(13-17)18-12-16(24)4-5-19(18)25/h4-9,12-14H,10-11,15H2,1-3H3,(H,26,27,29). The van der Waals surface area contributed by atoms with Crippen LogP contribution >= 0.6 is 0 Å². The van der Waals surface area contributed by atoms with Gasteiger partial charge >= 0.3 is 0 Å². The molecule has 0 atom stereocenters. The molecule has 0 radical (unpaired) electrons. The molecule has 0 saturated heterocycles. The van der Waals surface area contributed by atoms with Gasteiger partial charge in [-0.15, -0.1) is 0 Å². The molecule has 0 aliphatic heterocycles. The molecule has 0 unspecified atom stereocenters. The van der Waals surface area contributed by atoms with Gasteiger partial charge in [-0.1, -0.05) is 19.6 Å². The van der Waals surface area contributed by atoms with Crippen LogP contribution in [0.5, 0.6) is 0 Å². The Morgan fingerprint density at radius 3 is 2.66 bits per heavy atom. The largest absolute Gasteiger partial charge is 0.360 e. The summed E-state index contributed by atoms with van der Waals surface area (Å²) in [6, 6.07) is 9.67. The van der Waals surface area contributed by atoms with E-state index in [9.17, 15) is 8.78 Å². The Hall–Kier alpha value is -3.17. The number of hydrogen-bond acceptors (Lipinski definition) is 5. The lowest BCUT2D eigenvalue weighted by atomic mass is 10.1. The number of aromatic nitrogens is 4. The molecule has 4 rings (SSSR count). The molecule has 0 bridgehead atoms. The van der Waals surface area contributed by atoms with Crippen molar-refractivity contribution in [1.82, 2.24) is 19.7 Å². The summed E-state index contributed by atoms with van der Waals surface area (Å²) in [7, 11) is -1.17. The molecule has 9 heteroatoms. The zero-order valence-electron chi connectivity index (χ0n) is 18.3. The van der Waals surface area contributed by atoms with E-state index in [1.807, 2.05) is 6.07 Å². The molecule has 3 heterocycles. The van der Waals surface area contributed by atoms with Gasteiger partial charge in [0.25, 0.3) is 0 Å². The van der Waals surface area contributed by atoms with Crippen molar-refractivity contribution in [3.05, 3.63) is 66.6 Å². The van der Waals surface area contributed by atoms with Crippen molar-refractivity contribution in [1.29, 1.82) is 0 Å². The summed E-state index contributed by atoms with van der Waals surface area (Å²) in [6.45, 7) is 7.94. The first-order valence-electron chi connectivity index (χ1n) is 10.4. The predicted octanol–water partition coefficient (Wildman–Crippen LogP) is 5.83. The third-order valence-electron chi connectivity index (χ3n) is 4.98. The van der Waals surface area contributed by atoms with Crippen molar-refractivity contribution in [3.8, 4) is 11.3 Å². The minimum Gasteiger partial charge on any atom is -0.360 e.